The molecule has 0 spiro atoms. The highest BCUT2D eigenvalue weighted by atomic mass is 15.1. The number of fused-ring (bicyclic) bond motifs is 1. The molecule has 0 amide bonds. The summed E-state index contributed by atoms with van der Waals surface area (Å²) in [5, 5.41) is 0. The first-order valence-corrected chi connectivity index (χ1v) is 6.52. The third kappa shape index (κ3) is 1.77. The molecule has 1 saturated carbocycles. The quantitative estimate of drug-likeness (QED) is 0.847. The summed E-state index contributed by atoms with van der Waals surface area (Å²) in [6.45, 7) is 2.31. The Bertz CT molecular complexity index is 390. The fraction of sp³-hybridized carbons (Fsp3) is 0.769. The lowest BCUT2D eigenvalue weighted by molar-refractivity contribution is 0.410. The summed E-state index contributed by atoms with van der Waals surface area (Å²) in [5.41, 5.74) is 7.72. The van der Waals surface area contributed by atoms with Crippen LogP contribution < -0.4 is 5.73 Å². The van der Waals surface area contributed by atoms with Crippen LogP contribution >= 0.6 is 0 Å². The summed E-state index contributed by atoms with van der Waals surface area (Å²) in [4.78, 5) is 4.55. The van der Waals surface area contributed by atoms with Gasteiger partial charge in [-0.05, 0) is 45.4 Å². The minimum atomic E-state index is 0.169. The van der Waals surface area contributed by atoms with Crippen molar-refractivity contribution in [3.05, 3.63) is 17.7 Å². The van der Waals surface area contributed by atoms with Gasteiger partial charge in [-0.1, -0.05) is 0 Å². The summed E-state index contributed by atoms with van der Waals surface area (Å²) in [5.74, 6) is 1.29. The van der Waals surface area contributed by atoms with E-state index in [9.17, 15) is 0 Å². The Morgan fingerprint density at radius 2 is 2.38 bits per heavy atom. The minimum Gasteiger partial charge on any atom is -0.329 e. The lowest BCUT2D eigenvalue weighted by atomic mass is 10.0. The molecule has 3 nitrogen and oxygen atoms in total. The first-order chi connectivity index (χ1) is 7.68. The largest absolute Gasteiger partial charge is 0.329 e. The third-order valence-corrected chi connectivity index (χ3v) is 4.18. The van der Waals surface area contributed by atoms with Gasteiger partial charge in [-0.2, -0.15) is 0 Å². The molecular formula is C13H21N3. The topological polar surface area (TPSA) is 43.8 Å². The molecule has 1 atom stereocenters. The molecule has 0 bridgehead atoms. The van der Waals surface area contributed by atoms with E-state index < -0.39 is 0 Å². The number of aryl methyl sites for hydroxylation is 2. The van der Waals surface area contributed by atoms with Crippen LogP contribution in [0.4, 0.5) is 0 Å². The zero-order valence-corrected chi connectivity index (χ0v) is 10.1. The number of hydrogen-bond donors (Lipinski definition) is 1. The standard InChI is InChI=1S/C13H21N3/c1-10-3-2-4-12-15-9-11(16(10)12)5-6-13(14)7-8-13/h9-10H,2-8,14H2,1H3. The Morgan fingerprint density at radius 1 is 1.56 bits per heavy atom. The summed E-state index contributed by atoms with van der Waals surface area (Å²) in [6, 6.07) is 0.633. The first kappa shape index (κ1) is 10.3. The number of hydrogen-bond acceptors (Lipinski definition) is 2. The Kier molecular flexibility index (Phi) is 2.32. The average molecular weight is 219 g/mol. The van der Waals surface area contributed by atoms with Crippen LogP contribution in [-0.4, -0.2) is 15.1 Å². The normalized spacial score (nSPS) is 26.5. The van der Waals surface area contributed by atoms with Crippen LogP contribution in [-0.2, 0) is 12.8 Å². The third-order valence-electron chi connectivity index (χ3n) is 4.18. The van der Waals surface area contributed by atoms with Gasteiger partial charge < -0.3 is 10.3 Å². The number of nitrogens with zero attached hydrogens (tertiary/aromatic N) is 2. The lowest BCUT2D eigenvalue weighted by Crippen LogP contribution is -2.24. The number of nitrogens with two attached hydrogens (primary N) is 1. The average Bonchev–Trinajstić information content (AvgIpc) is 2.86. The highest BCUT2D eigenvalue weighted by molar-refractivity contribution is 5.12. The molecule has 1 aliphatic heterocycles. The fourth-order valence-electron chi connectivity index (χ4n) is 2.82. The SMILES string of the molecule is CC1CCCc2ncc(CCC3(N)CC3)n21. The maximum absolute atomic E-state index is 6.14. The Hall–Kier alpha value is -0.830. The molecule has 0 aromatic carbocycles. The van der Waals surface area contributed by atoms with Gasteiger partial charge in [0.15, 0.2) is 0 Å². The summed E-state index contributed by atoms with van der Waals surface area (Å²) in [6.07, 6.45) is 10.5. The molecular weight excluding hydrogens is 198 g/mol. The van der Waals surface area contributed by atoms with Crippen LogP contribution in [0.15, 0.2) is 6.20 Å². The highest BCUT2D eigenvalue weighted by Crippen LogP contribution is 2.37. The van der Waals surface area contributed by atoms with E-state index in [0.29, 0.717) is 6.04 Å². The molecule has 1 fully saturated rings. The van der Waals surface area contributed by atoms with Crippen LogP contribution in [0.2, 0.25) is 0 Å². The molecule has 0 saturated heterocycles. The molecule has 0 radical (unpaired) electrons. The van der Waals surface area contributed by atoms with Gasteiger partial charge in [0.05, 0.1) is 0 Å². The van der Waals surface area contributed by atoms with Crippen molar-refractivity contribution in [2.75, 3.05) is 0 Å². The lowest BCUT2D eigenvalue weighted by Gasteiger charge is -2.24. The Labute approximate surface area is 97.0 Å². The molecule has 3 rings (SSSR count). The van der Waals surface area contributed by atoms with Gasteiger partial charge in [-0.15, -0.1) is 0 Å². The molecule has 2 aliphatic rings. The van der Waals surface area contributed by atoms with Gasteiger partial charge in [0.2, 0.25) is 0 Å². The van der Waals surface area contributed by atoms with Crippen molar-refractivity contribution in [2.24, 2.45) is 5.73 Å². The fourth-order valence-corrected chi connectivity index (χ4v) is 2.82. The van der Waals surface area contributed by atoms with Crippen LogP contribution in [0.25, 0.3) is 0 Å². The Balaban J connectivity index is 1.76. The van der Waals surface area contributed by atoms with E-state index in [1.54, 1.807) is 0 Å². The van der Waals surface area contributed by atoms with E-state index in [0.717, 1.165) is 19.3 Å². The van der Waals surface area contributed by atoms with Gasteiger partial charge in [-0.25, -0.2) is 4.98 Å². The van der Waals surface area contributed by atoms with Crippen molar-refractivity contribution in [2.45, 2.75) is 63.5 Å². The van der Waals surface area contributed by atoms with Crippen molar-refractivity contribution in [1.29, 1.82) is 0 Å². The second-order valence-corrected chi connectivity index (χ2v) is 5.64. The molecule has 88 valence electrons. The van der Waals surface area contributed by atoms with Gasteiger partial charge in [0.1, 0.15) is 5.82 Å². The number of rotatable bonds is 3. The van der Waals surface area contributed by atoms with E-state index >= 15 is 0 Å². The van der Waals surface area contributed by atoms with Crippen molar-refractivity contribution in [1.82, 2.24) is 9.55 Å². The minimum absolute atomic E-state index is 0.169. The van der Waals surface area contributed by atoms with E-state index in [-0.39, 0.29) is 5.54 Å². The maximum atomic E-state index is 6.14. The molecule has 2 heterocycles. The van der Waals surface area contributed by atoms with Gasteiger partial charge in [0, 0.05) is 29.9 Å². The van der Waals surface area contributed by atoms with Crippen molar-refractivity contribution < 1.29 is 0 Å². The van der Waals surface area contributed by atoms with Crippen molar-refractivity contribution >= 4 is 0 Å². The smallest absolute Gasteiger partial charge is 0.109 e. The molecule has 1 aromatic heterocycles. The van der Waals surface area contributed by atoms with Crippen molar-refractivity contribution in [3.8, 4) is 0 Å². The second kappa shape index (κ2) is 3.59. The van der Waals surface area contributed by atoms with Gasteiger partial charge in [-0.3, -0.25) is 0 Å². The predicted octanol–water partition coefficient (Wildman–Crippen LogP) is 2.20. The Morgan fingerprint density at radius 3 is 3.12 bits per heavy atom. The second-order valence-electron chi connectivity index (χ2n) is 5.64. The van der Waals surface area contributed by atoms with Crippen LogP contribution in [0, 0.1) is 0 Å². The zero-order valence-electron chi connectivity index (χ0n) is 10.1. The van der Waals surface area contributed by atoms with E-state index in [1.807, 2.05) is 0 Å². The van der Waals surface area contributed by atoms with E-state index in [2.05, 4.69) is 22.7 Å². The monoisotopic (exact) mass is 219 g/mol. The highest BCUT2D eigenvalue weighted by Gasteiger charge is 2.37. The summed E-state index contributed by atoms with van der Waals surface area (Å²) in [7, 11) is 0. The maximum Gasteiger partial charge on any atom is 0.109 e. The molecule has 1 unspecified atom stereocenters. The first-order valence-electron chi connectivity index (χ1n) is 6.52. The van der Waals surface area contributed by atoms with Crippen LogP contribution in [0.5, 0.6) is 0 Å². The number of imidazole rings is 1. The van der Waals surface area contributed by atoms with Gasteiger partial charge >= 0.3 is 0 Å². The van der Waals surface area contributed by atoms with Crippen LogP contribution in [0.1, 0.15) is 56.6 Å². The van der Waals surface area contributed by atoms with Gasteiger partial charge in [0.25, 0.3) is 0 Å². The molecule has 1 aromatic rings. The van der Waals surface area contributed by atoms with Crippen molar-refractivity contribution in [3.63, 3.8) is 0 Å². The van der Waals surface area contributed by atoms with E-state index in [4.69, 9.17) is 5.73 Å². The molecule has 1 aliphatic carbocycles. The molecule has 3 heteroatoms. The summed E-state index contributed by atoms with van der Waals surface area (Å²) < 4.78 is 2.45. The number of aromatic nitrogens is 2. The summed E-state index contributed by atoms with van der Waals surface area (Å²) >= 11 is 0. The van der Waals surface area contributed by atoms with Crippen LogP contribution in [0.3, 0.4) is 0 Å². The predicted molar refractivity (Wildman–Crippen MR) is 64.3 cm³/mol. The zero-order chi connectivity index (χ0) is 11.2. The molecule has 16 heavy (non-hydrogen) atoms. The van der Waals surface area contributed by atoms with E-state index in [1.165, 1.54) is 37.2 Å². The molecule has 2 N–H and O–H groups in total.